The van der Waals surface area contributed by atoms with Crippen LogP contribution in [0.15, 0.2) is 0 Å². The number of hydrogen-bond acceptors (Lipinski definition) is 10. The van der Waals surface area contributed by atoms with E-state index in [4.69, 9.17) is 28.4 Å². The molecule has 10 heteroatoms. The third-order valence-electron chi connectivity index (χ3n) is 3.46. The van der Waals surface area contributed by atoms with E-state index in [-0.39, 0.29) is 26.1 Å². The summed E-state index contributed by atoms with van der Waals surface area (Å²) in [6.45, 7) is 3.22. The Kier molecular flexibility index (Phi) is 10.3. The van der Waals surface area contributed by atoms with Crippen molar-refractivity contribution in [3.8, 4) is 0 Å². The van der Waals surface area contributed by atoms with Gasteiger partial charge in [0.2, 0.25) is 0 Å². The summed E-state index contributed by atoms with van der Waals surface area (Å²) in [6.07, 6.45) is -1.88. The highest BCUT2D eigenvalue weighted by Crippen LogP contribution is 2.15. The molecule has 0 aromatic carbocycles. The average molecular weight is 354 g/mol. The molecule has 0 aromatic rings. The molecule has 0 aliphatic rings. The van der Waals surface area contributed by atoms with Crippen molar-refractivity contribution in [2.45, 2.75) is 38.3 Å². The van der Waals surface area contributed by atoms with Gasteiger partial charge in [-0.3, -0.25) is 0 Å². The third kappa shape index (κ3) is 8.87. The van der Waals surface area contributed by atoms with E-state index < -0.39 is 23.9 Å². The van der Waals surface area contributed by atoms with Crippen molar-refractivity contribution in [3.05, 3.63) is 0 Å². The molecule has 24 heavy (non-hydrogen) atoms. The number of ether oxygens (including phenoxy) is 6. The lowest BCUT2D eigenvalue weighted by Gasteiger charge is -2.25. The van der Waals surface area contributed by atoms with E-state index in [0.717, 1.165) is 0 Å². The van der Waals surface area contributed by atoms with Gasteiger partial charge in [-0.15, -0.1) is 0 Å². The number of hydrogen-bond donors (Lipinski definition) is 0. The van der Waals surface area contributed by atoms with Crippen LogP contribution in [0.5, 0.6) is 0 Å². The lowest BCUT2D eigenvalue weighted by atomic mass is 10.2. The smallest absolute Gasteiger partial charge is 0.432 e. The normalized spacial score (nSPS) is 11.8. The summed E-state index contributed by atoms with van der Waals surface area (Å²) >= 11 is 0. The van der Waals surface area contributed by atoms with Crippen LogP contribution in [-0.2, 0) is 38.2 Å². The van der Waals surface area contributed by atoms with Crippen molar-refractivity contribution in [2.24, 2.45) is 0 Å². The molecule has 0 N–H and O–H groups in total. The number of methoxy groups -OCH3 is 4. The van der Waals surface area contributed by atoms with E-state index in [0.29, 0.717) is 0 Å². The molecule has 0 spiro atoms. The first kappa shape index (κ1) is 22.4. The Bertz CT molecular complexity index is 340. The highest BCUT2D eigenvalue weighted by molar-refractivity contribution is 5.63. The van der Waals surface area contributed by atoms with Crippen LogP contribution in [-0.4, -0.2) is 65.5 Å². The molecule has 0 saturated carbocycles. The van der Waals surface area contributed by atoms with Crippen molar-refractivity contribution in [3.63, 3.8) is 0 Å². The maximum Gasteiger partial charge on any atom is 0.550 e. The minimum Gasteiger partial charge on any atom is -0.432 e. The van der Waals surface area contributed by atoms with Gasteiger partial charge in [-0.25, -0.2) is 0 Å². The summed E-state index contributed by atoms with van der Waals surface area (Å²) in [6, 6.07) is 0. The molecule has 0 bridgehead atoms. The minimum absolute atomic E-state index is 0.0601. The monoisotopic (exact) mass is 354 g/mol. The van der Waals surface area contributed by atoms with Crippen LogP contribution in [0.2, 0.25) is 0 Å². The van der Waals surface area contributed by atoms with Crippen LogP contribution in [0.3, 0.4) is 0 Å². The summed E-state index contributed by atoms with van der Waals surface area (Å²) in [5.74, 6) is -1.79. The topological polar surface area (TPSA) is 108 Å². The van der Waals surface area contributed by atoms with Gasteiger partial charge in [0.05, 0.1) is 0 Å². The third-order valence-corrected chi connectivity index (χ3v) is 3.46. The fraction of sp³-hybridized carbons (Fsp3) is 0.857. The molecule has 0 saturated heterocycles. The first-order valence-corrected chi connectivity index (χ1v) is 7.13. The molecular weight excluding hydrogens is 328 g/mol. The van der Waals surface area contributed by atoms with Gasteiger partial charge >= 0.3 is 12.3 Å². The molecule has 0 rings (SSSR count). The highest BCUT2D eigenvalue weighted by atomic mass is 17.3. The summed E-state index contributed by atoms with van der Waals surface area (Å²) in [5, 5.41) is 0. The standard InChI is InChI=1S/C14H26O10/c1-13(17-3,18-4)7-9-21-11(15)23-24-12(16)22-10-8-14(2,19-5)20-6/h7-10H2,1-6H3. The lowest BCUT2D eigenvalue weighted by molar-refractivity contribution is -0.230. The average Bonchev–Trinajstić information content (AvgIpc) is 2.59. The number of carbonyl (C=O) groups excluding carboxylic acids is 2. The summed E-state index contributed by atoms with van der Waals surface area (Å²) < 4.78 is 29.7. The fourth-order valence-corrected chi connectivity index (χ4v) is 1.33. The van der Waals surface area contributed by atoms with E-state index in [9.17, 15) is 9.59 Å². The van der Waals surface area contributed by atoms with Crippen LogP contribution in [0.4, 0.5) is 9.59 Å². The largest absolute Gasteiger partial charge is 0.550 e. The Hall–Kier alpha value is -1.62. The summed E-state index contributed by atoms with van der Waals surface area (Å²) in [7, 11) is 5.83. The van der Waals surface area contributed by atoms with Gasteiger partial charge in [0.15, 0.2) is 11.6 Å². The maximum atomic E-state index is 11.2. The second-order valence-electron chi connectivity index (χ2n) is 4.95. The van der Waals surface area contributed by atoms with Crippen molar-refractivity contribution < 1.29 is 47.8 Å². The zero-order valence-corrected chi connectivity index (χ0v) is 14.9. The molecule has 0 heterocycles. The van der Waals surface area contributed by atoms with Crippen LogP contribution in [0.25, 0.3) is 0 Å². The minimum atomic E-state index is -1.19. The number of rotatable bonds is 10. The molecule has 0 fully saturated rings. The summed E-state index contributed by atoms with van der Waals surface area (Å²) in [5.41, 5.74) is 0. The van der Waals surface area contributed by atoms with Gasteiger partial charge in [-0.2, -0.15) is 19.4 Å². The SMILES string of the molecule is COC(C)(CCOC(=O)OOC(=O)OCCC(C)(OC)OC)OC. The molecule has 0 aliphatic heterocycles. The molecule has 142 valence electrons. The first-order chi connectivity index (χ1) is 11.2. The first-order valence-electron chi connectivity index (χ1n) is 7.13. The van der Waals surface area contributed by atoms with Crippen LogP contribution in [0, 0.1) is 0 Å². The molecule has 0 atom stereocenters. The van der Waals surface area contributed by atoms with Gasteiger partial charge in [0.25, 0.3) is 0 Å². The van der Waals surface area contributed by atoms with E-state index in [1.54, 1.807) is 13.8 Å². The Morgan fingerprint density at radius 1 is 0.667 bits per heavy atom. The van der Waals surface area contributed by atoms with E-state index in [2.05, 4.69) is 9.78 Å². The van der Waals surface area contributed by atoms with Crippen LogP contribution in [0.1, 0.15) is 26.7 Å². The second-order valence-corrected chi connectivity index (χ2v) is 4.95. The fourth-order valence-electron chi connectivity index (χ4n) is 1.33. The Morgan fingerprint density at radius 3 is 1.21 bits per heavy atom. The Labute approximate surface area is 141 Å². The molecule has 0 unspecified atom stereocenters. The van der Waals surface area contributed by atoms with Crippen molar-refractivity contribution in [1.82, 2.24) is 0 Å². The van der Waals surface area contributed by atoms with Crippen molar-refractivity contribution in [2.75, 3.05) is 41.7 Å². The molecule has 0 amide bonds. The highest BCUT2D eigenvalue weighted by Gasteiger charge is 2.25. The van der Waals surface area contributed by atoms with Crippen LogP contribution >= 0.6 is 0 Å². The zero-order chi connectivity index (χ0) is 18.6. The zero-order valence-electron chi connectivity index (χ0n) is 14.9. The van der Waals surface area contributed by atoms with Gasteiger partial charge in [0.1, 0.15) is 13.2 Å². The van der Waals surface area contributed by atoms with Crippen molar-refractivity contribution >= 4 is 12.3 Å². The van der Waals surface area contributed by atoms with Gasteiger partial charge in [-0.05, 0) is 13.8 Å². The van der Waals surface area contributed by atoms with Gasteiger partial charge in [0, 0.05) is 41.3 Å². The molecular formula is C14H26O10. The van der Waals surface area contributed by atoms with E-state index >= 15 is 0 Å². The lowest BCUT2D eigenvalue weighted by Crippen LogP contribution is -2.32. The molecule has 0 aromatic heterocycles. The Balaban J connectivity index is 3.89. The van der Waals surface area contributed by atoms with Gasteiger partial charge in [-0.1, -0.05) is 0 Å². The summed E-state index contributed by atoms with van der Waals surface area (Å²) in [4.78, 5) is 30.8. The van der Waals surface area contributed by atoms with E-state index in [1.807, 2.05) is 0 Å². The maximum absolute atomic E-state index is 11.2. The van der Waals surface area contributed by atoms with Crippen molar-refractivity contribution in [1.29, 1.82) is 0 Å². The molecule has 0 radical (unpaired) electrons. The Morgan fingerprint density at radius 2 is 0.958 bits per heavy atom. The molecule has 10 nitrogen and oxygen atoms in total. The van der Waals surface area contributed by atoms with Crippen LogP contribution < -0.4 is 0 Å². The van der Waals surface area contributed by atoms with Gasteiger partial charge < -0.3 is 28.4 Å². The predicted molar refractivity (Wildman–Crippen MR) is 78.9 cm³/mol. The quantitative estimate of drug-likeness (QED) is 0.250. The second kappa shape index (κ2) is 11.0. The van der Waals surface area contributed by atoms with E-state index in [1.165, 1.54) is 28.4 Å². The number of carbonyl (C=O) groups is 2. The molecule has 0 aliphatic carbocycles. The predicted octanol–water partition coefficient (Wildman–Crippen LogP) is 2.01.